The number of anilines is 1. The molecule has 0 radical (unpaired) electrons. The first-order chi connectivity index (χ1) is 9.12. The molecule has 0 saturated heterocycles. The third-order valence-corrected chi connectivity index (χ3v) is 3.41. The maximum Gasteiger partial charge on any atom is 0.253 e. The van der Waals surface area contributed by atoms with Crippen LogP contribution in [0.4, 0.5) is 5.69 Å². The lowest BCUT2D eigenvalue weighted by molar-refractivity contribution is 0.0741. The van der Waals surface area contributed by atoms with Crippen molar-refractivity contribution < 1.29 is 4.79 Å². The van der Waals surface area contributed by atoms with Gasteiger partial charge >= 0.3 is 0 Å². The second-order valence-electron chi connectivity index (χ2n) is 4.96. The van der Waals surface area contributed by atoms with Crippen LogP contribution in [0.5, 0.6) is 0 Å². The third kappa shape index (κ3) is 4.58. The van der Waals surface area contributed by atoms with Gasteiger partial charge < -0.3 is 10.2 Å². The molecule has 1 amide bonds. The topological polar surface area (TPSA) is 32.3 Å². The summed E-state index contributed by atoms with van der Waals surface area (Å²) in [7, 11) is 0. The summed E-state index contributed by atoms with van der Waals surface area (Å²) in [6.07, 6.45) is 1.10. The molecule has 1 rings (SSSR count). The predicted molar refractivity (Wildman–Crippen MR) is 81.6 cm³/mol. The van der Waals surface area contributed by atoms with Gasteiger partial charge in [0.15, 0.2) is 0 Å². The minimum absolute atomic E-state index is 0.130. The lowest BCUT2D eigenvalue weighted by atomic mass is 10.1. The van der Waals surface area contributed by atoms with Crippen LogP contribution in [0.3, 0.4) is 0 Å². The summed E-state index contributed by atoms with van der Waals surface area (Å²) in [5.41, 5.74) is 1.83. The highest BCUT2D eigenvalue weighted by molar-refractivity contribution is 5.94. The van der Waals surface area contributed by atoms with E-state index in [4.69, 9.17) is 0 Å². The Kier molecular flexibility index (Phi) is 6.40. The quantitative estimate of drug-likeness (QED) is 0.814. The molecule has 0 aromatic heterocycles. The van der Waals surface area contributed by atoms with Crippen LogP contribution in [0, 0.1) is 5.92 Å². The first-order valence-electron chi connectivity index (χ1n) is 7.25. The van der Waals surface area contributed by atoms with Gasteiger partial charge in [0, 0.05) is 30.9 Å². The summed E-state index contributed by atoms with van der Waals surface area (Å²) in [6, 6.07) is 7.74. The molecule has 0 aliphatic heterocycles. The number of hydrogen-bond acceptors (Lipinski definition) is 2. The van der Waals surface area contributed by atoms with Gasteiger partial charge in [-0.25, -0.2) is 0 Å². The summed E-state index contributed by atoms with van der Waals surface area (Å²) < 4.78 is 0. The van der Waals surface area contributed by atoms with Gasteiger partial charge in [-0.1, -0.05) is 20.3 Å². The Morgan fingerprint density at radius 2 is 1.84 bits per heavy atom. The van der Waals surface area contributed by atoms with E-state index in [1.54, 1.807) is 0 Å². The maximum absolute atomic E-state index is 12.4. The second-order valence-corrected chi connectivity index (χ2v) is 4.96. The number of rotatable bonds is 7. The second kappa shape index (κ2) is 7.82. The van der Waals surface area contributed by atoms with Crippen molar-refractivity contribution >= 4 is 11.6 Å². The molecule has 1 atom stereocenters. The van der Waals surface area contributed by atoms with Gasteiger partial charge in [-0.15, -0.1) is 0 Å². The summed E-state index contributed by atoms with van der Waals surface area (Å²) in [4.78, 5) is 14.3. The first-order valence-corrected chi connectivity index (χ1v) is 7.25. The van der Waals surface area contributed by atoms with Crippen molar-refractivity contribution in [3.8, 4) is 0 Å². The minimum Gasteiger partial charge on any atom is -0.385 e. The van der Waals surface area contributed by atoms with E-state index in [0.717, 1.165) is 37.3 Å². The number of carbonyl (C=O) groups is 1. The molecule has 106 valence electrons. The van der Waals surface area contributed by atoms with Crippen molar-refractivity contribution in [1.29, 1.82) is 0 Å². The Balaban J connectivity index is 2.73. The highest BCUT2D eigenvalue weighted by Gasteiger charge is 2.15. The maximum atomic E-state index is 12.4. The smallest absolute Gasteiger partial charge is 0.253 e. The molecule has 1 aromatic carbocycles. The lowest BCUT2D eigenvalue weighted by Crippen LogP contribution is -2.34. The van der Waals surface area contributed by atoms with Crippen LogP contribution in [0.15, 0.2) is 24.3 Å². The number of hydrogen-bond donors (Lipinski definition) is 1. The van der Waals surface area contributed by atoms with Crippen LogP contribution >= 0.6 is 0 Å². The third-order valence-electron chi connectivity index (χ3n) is 3.41. The molecule has 0 saturated carbocycles. The first kappa shape index (κ1) is 15.5. The fraction of sp³-hybridized carbons (Fsp3) is 0.562. The van der Waals surface area contributed by atoms with Gasteiger partial charge in [0.2, 0.25) is 0 Å². The van der Waals surface area contributed by atoms with E-state index < -0.39 is 0 Å². The Morgan fingerprint density at radius 1 is 1.21 bits per heavy atom. The highest BCUT2D eigenvalue weighted by Crippen LogP contribution is 2.13. The zero-order chi connectivity index (χ0) is 14.3. The number of benzene rings is 1. The van der Waals surface area contributed by atoms with Crippen LogP contribution in [-0.4, -0.2) is 30.4 Å². The summed E-state index contributed by atoms with van der Waals surface area (Å²) in [5.74, 6) is 0.677. The van der Waals surface area contributed by atoms with Crippen molar-refractivity contribution in [3.05, 3.63) is 29.8 Å². The minimum atomic E-state index is 0.130. The fourth-order valence-corrected chi connectivity index (χ4v) is 1.98. The molecule has 0 fully saturated rings. The number of nitrogens with one attached hydrogen (secondary N) is 1. The van der Waals surface area contributed by atoms with Gasteiger partial charge in [0.25, 0.3) is 5.91 Å². The Labute approximate surface area is 117 Å². The van der Waals surface area contributed by atoms with Crippen LogP contribution in [0.2, 0.25) is 0 Å². The summed E-state index contributed by atoms with van der Waals surface area (Å²) >= 11 is 0. The largest absolute Gasteiger partial charge is 0.385 e. The van der Waals surface area contributed by atoms with Gasteiger partial charge in [-0.05, 0) is 44.0 Å². The Bertz CT molecular complexity index is 386. The molecule has 1 N–H and O–H groups in total. The molecule has 0 bridgehead atoms. The van der Waals surface area contributed by atoms with Crippen molar-refractivity contribution in [2.75, 3.05) is 25.0 Å². The molecule has 0 spiro atoms. The lowest BCUT2D eigenvalue weighted by Gasteiger charge is -2.24. The molecule has 1 unspecified atom stereocenters. The molecule has 0 heterocycles. The molecule has 19 heavy (non-hydrogen) atoms. The Hall–Kier alpha value is -1.51. The van der Waals surface area contributed by atoms with Gasteiger partial charge in [-0.2, -0.15) is 0 Å². The van der Waals surface area contributed by atoms with Crippen molar-refractivity contribution in [3.63, 3.8) is 0 Å². The monoisotopic (exact) mass is 262 g/mol. The molecule has 1 aromatic rings. The van der Waals surface area contributed by atoms with Gasteiger partial charge in [0.1, 0.15) is 0 Å². The van der Waals surface area contributed by atoms with Crippen LogP contribution < -0.4 is 5.32 Å². The molecule has 0 aliphatic rings. The normalized spacial score (nSPS) is 12.0. The SMILES string of the molecule is CCNc1ccc(C(=O)N(CC)CC(C)CC)cc1. The number of carbonyl (C=O) groups excluding carboxylic acids is 1. The fourth-order valence-electron chi connectivity index (χ4n) is 1.98. The summed E-state index contributed by atoms with van der Waals surface area (Å²) in [6.45, 7) is 10.9. The van der Waals surface area contributed by atoms with Gasteiger partial charge in [-0.3, -0.25) is 4.79 Å². The van der Waals surface area contributed by atoms with E-state index in [-0.39, 0.29) is 5.91 Å². The van der Waals surface area contributed by atoms with Crippen molar-refractivity contribution in [1.82, 2.24) is 4.90 Å². The summed E-state index contributed by atoms with van der Waals surface area (Å²) in [5, 5.41) is 3.23. The Morgan fingerprint density at radius 3 is 2.32 bits per heavy atom. The predicted octanol–water partition coefficient (Wildman–Crippen LogP) is 3.63. The standard InChI is InChI=1S/C16H26N2O/c1-5-13(4)12-18(7-3)16(19)14-8-10-15(11-9-14)17-6-2/h8-11,13,17H,5-7,12H2,1-4H3. The molecule has 0 aliphatic carbocycles. The average Bonchev–Trinajstić information content (AvgIpc) is 2.45. The van der Waals surface area contributed by atoms with Crippen molar-refractivity contribution in [2.45, 2.75) is 34.1 Å². The van der Waals surface area contributed by atoms with Crippen LogP contribution in [-0.2, 0) is 0 Å². The average molecular weight is 262 g/mol. The zero-order valence-corrected chi connectivity index (χ0v) is 12.6. The highest BCUT2D eigenvalue weighted by atomic mass is 16.2. The van der Waals surface area contributed by atoms with E-state index in [2.05, 4.69) is 26.1 Å². The van der Waals surface area contributed by atoms with E-state index in [0.29, 0.717) is 5.92 Å². The molecular formula is C16H26N2O. The number of amides is 1. The molecular weight excluding hydrogens is 236 g/mol. The number of nitrogens with zero attached hydrogens (tertiary/aromatic N) is 1. The zero-order valence-electron chi connectivity index (χ0n) is 12.6. The van der Waals surface area contributed by atoms with E-state index in [1.807, 2.05) is 36.1 Å². The van der Waals surface area contributed by atoms with E-state index >= 15 is 0 Å². The van der Waals surface area contributed by atoms with Crippen molar-refractivity contribution in [2.24, 2.45) is 5.92 Å². The van der Waals surface area contributed by atoms with Crippen LogP contribution in [0.1, 0.15) is 44.5 Å². The van der Waals surface area contributed by atoms with Gasteiger partial charge in [0.05, 0.1) is 0 Å². The van der Waals surface area contributed by atoms with E-state index in [9.17, 15) is 4.79 Å². The van der Waals surface area contributed by atoms with E-state index in [1.165, 1.54) is 0 Å². The molecule has 3 heteroatoms. The molecule has 3 nitrogen and oxygen atoms in total. The van der Waals surface area contributed by atoms with Crippen LogP contribution in [0.25, 0.3) is 0 Å².